The number of esters is 1. The average Bonchev–Trinajstić information content (AvgIpc) is 2.40. The highest BCUT2D eigenvalue weighted by atomic mass is 16.5. The number of ether oxygens (including phenoxy) is 1. The van der Waals surface area contributed by atoms with Gasteiger partial charge in [-0.3, -0.25) is 4.79 Å². The molecule has 0 bridgehead atoms. The van der Waals surface area contributed by atoms with Crippen LogP contribution in [0.25, 0.3) is 0 Å². The van der Waals surface area contributed by atoms with Crippen LogP contribution in [0.5, 0.6) is 0 Å². The molecule has 0 fully saturated rings. The van der Waals surface area contributed by atoms with Crippen LogP contribution in [0.3, 0.4) is 0 Å². The molecule has 3 N–H and O–H groups in total. The first-order valence-electron chi connectivity index (χ1n) is 6.27. The number of hydrogen-bond acceptors (Lipinski definition) is 6. The lowest BCUT2D eigenvalue weighted by Gasteiger charge is -2.19. The van der Waals surface area contributed by atoms with E-state index in [9.17, 15) is 9.59 Å². The molecule has 0 aromatic carbocycles. The van der Waals surface area contributed by atoms with Gasteiger partial charge in [-0.15, -0.1) is 0 Å². The summed E-state index contributed by atoms with van der Waals surface area (Å²) >= 11 is 0. The van der Waals surface area contributed by atoms with E-state index < -0.39 is 12.0 Å². The number of amides is 1. The summed E-state index contributed by atoms with van der Waals surface area (Å²) in [5, 5.41) is 2.89. The standard InChI is InChI=1S/C13H20N4O3/c1-5-20-13(19)9-6-7-15-11(10(9)14)16-8(2)12(18)17(3)4/h6-8H,5,14H2,1-4H3,(H,15,16). The molecule has 110 valence electrons. The van der Waals surface area contributed by atoms with Crippen LogP contribution in [-0.2, 0) is 9.53 Å². The summed E-state index contributed by atoms with van der Waals surface area (Å²) in [6, 6.07) is 0.981. The molecule has 1 atom stereocenters. The van der Waals surface area contributed by atoms with Crippen LogP contribution in [0.2, 0.25) is 0 Å². The molecule has 0 spiro atoms. The van der Waals surface area contributed by atoms with Gasteiger partial charge >= 0.3 is 5.97 Å². The SMILES string of the molecule is CCOC(=O)c1ccnc(NC(C)C(=O)N(C)C)c1N. The van der Waals surface area contributed by atoms with Crippen LogP contribution in [0, 0.1) is 0 Å². The summed E-state index contributed by atoms with van der Waals surface area (Å²) in [7, 11) is 3.32. The van der Waals surface area contributed by atoms with Gasteiger partial charge < -0.3 is 20.7 Å². The Hall–Kier alpha value is -2.31. The van der Waals surface area contributed by atoms with Crippen molar-refractivity contribution in [2.24, 2.45) is 0 Å². The van der Waals surface area contributed by atoms with Gasteiger partial charge in [0.2, 0.25) is 5.91 Å². The zero-order valence-corrected chi connectivity index (χ0v) is 12.1. The monoisotopic (exact) mass is 280 g/mol. The number of pyridine rings is 1. The van der Waals surface area contributed by atoms with E-state index in [2.05, 4.69) is 10.3 Å². The van der Waals surface area contributed by atoms with E-state index in [1.807, 2.05) is 0 Å². The number of rotatable bonds is 5. The third kappa shape index (κ3) is 3.59. The number of aromatic nitrogens is 1. The van der Waals surface area contributed by atoms with Gasteiger partial charge in [0.1, 0.15) is 6.04 Å². The van der Waals surface area contributed by atoms with E-state index in [-0.39, 0.29) is 23.8 Å². The average molecular weight is 280 g/mol. The van der Waals surface area contributed by atoms with Crippen molar-refractivity contribution in [3.05, 3.63) is 17.8 Å². The van der Waals surface area contributed by atoms with Gasteiger partial charge in [-0.2, -0.15) is 0 Å². The molecular weight excluding hydrogens is 260 g/mol. The quantitative estimate of drug-likeness (QED) is 0.772. The third-order valence-electron chi connectivity index (χ3n) is 2.65. The highest BCUT2D eigenvalue weighted by Gasteiger charge is 2.19. The van der Waals surface area contributed by atoms with Crippen LogP contribution >= 0.6 is 0 Å². The number of nitrogens with zero attached hydrogens (tertiary/aromatic N) is 2. The summed E-state index contributed by atoms with van der Waals surface area (Å²) in [5.41, 5.74) is 6.29. The number of nitrogens with one attached hydrogen (secondary N) is 1. The molecule has 0 radical (unpaired) electrons. The van der Waals surface area contributed by atoms with E-state index in [0.29, 0.717) is 5.82 Å². The van der Waals surface area contributed by atoms with Crippen molar-refractivity contribution >= 4 is 23.4 Å². The first kappa shape index (κ1) is 15.7. The van der Waals surface area contributed by atoms with Crippen molar-refractivity contribution in [2.75, 3.05) is 31.8 Å². The Bertz CT molecular complexity index is 502. The van der Waals surface area contributed by atoms with Crippen molar-refractivity contribution < 1.29 is 14.3 Å². The molecule has 1 aromatic heterocycles. The molecule has 1 aromatic rings. The van der Waals surface area contributed by atoms with Crippen LogP contribution in [0.1, 0.15) is 24.2 Å². The molecule has 0 saturated carbocycles. The third-order valence-corrected chi connectivity index (χ3v) is 2.65. The van der Waals surface area contributed by atoms with E-state index in [1.165, 1.54) is 17.2 Å². The Balaban J connectivity index is 2.95. The molecule has 7 nitrogen and oxygen atoms in total. The molecule has 0 aliphatic heterocycles. The zero-order valence-electron chi connectivity index (χ0n) is 12.1. The van der Waals surface area contributed by atoms with Crippen molar-refractivity contribution in [3.63, 3.8) is 0 Å². The largest absolute Gasteiger partial charge is 0.462 e. The second-order valence-electron chi connectivity index (χ2n) is 4.44. The number of carbonyl (C=O) groups is 2. The maximum atomic E-state index is 11.8. The number of hydrogen-bond donors (Lipinski definition) is 2. The first-order valence-corrected chi connectivity index (χ1v) is 6.27. The van der Waals surface area contributed by atoms with Crippen molar-refractivity contribution in [3.8, 4) is 0 Å². The lowest BCUT2D eigenvalue weighted by Crippen LogP contribution is -2.37. The van der Waals surface area contributed by atoms with E-state index in [4.69, 9.17) is 10.5 Å². The van der Waals surface area contributed by atoms with Gasteiger partial charge in [-0.25, -0.2) is 9.78 Å². The predicted octanol–water partition coefficient (Wildman–Crippen LogP) is 0.729. The number of nitrogen functional groups attached to an aromatic ring is 1. The summed E-state index contributed by atoms with van der Waals surface area (Å²) in [4.78, 5) is 29.0. The van der Waals surface area contributed by atoms with Crippen LogP contribution in [-0.4, -0.2) is 48.5 Å². The van der Waals surface area contributed by atoms with Crippen LogP contribution < -0.4 is 11.1 Å². The molecular formula is C13H20N4O3. The second-order valence-corrected chi connectivity index (χ2v) is 4.44. The van der Waals surface area contributed by atoms with E-state index in [0.717, 1.165) is 0 Å². The van der Waals surface area contributed by atoms with Crippen molar-refractivity contribution in [1.82, 2.24) is 9.88 Å². The molecule has 0 aliphatic carbocycles. The highest BCUT2D eigenvalue weighted by molar-refractivity contribution is 5.98. The Labute approximate surface area is 118 Å². The summed E-state index contributed by atoms with van der Waals surface area (Å²) in [6.07, 6.45) is 1.44. The molecule has 0 saturated heterocycles. The predicted molar refractivity (Wildman–Crippen MR) is 76.4 cm³/mol. The first-order chi connectivity index (χ1) is 9.38. The van der Waals surface area contributed by atoms with E-state index in [1.54, 1.807) is 27.9 Å². The van der Waals surface area contributed by atoms with Crippen LogP contribution in [0.15, 0.2) is 12.3 Å². The fraction of sp³-hybridized carbons (Fsp3) is 0.462. The summed E-state index contributed by atoms with van der Waals surface area (Å²) < 4.78 is 4.90. The fourth-order valence-corrected chi connectivity index (χ4v) is 1.63. The minimum Gasteiger partial charge on any atom is -0.462 e. The van der Waals surface area contributed by atoms with E-state index >= 15 is 0 Å². The Morgan fingerprint density at radius 3 is 2.70 bits per heavy atom. The Morgan fingerprint density at radius 2 is 2.15 bits per heavy atom. The molecule has 1 heterocycles. The molecule has 1 rings (SSSR count). The Morgan fingerprint density at radius 1 is 1.50 bits per heavy atom. The highest BCUT2D eigenvalue weighted by Crippen LogP contribution is 2.21. The van der Waals surface area contributed by atoms with Gasteiger partial charge in [-0.05, 0) is 19.9 Å². The lowest BCUT2D eigenvalue weighted by molar-refractivity contribution is -0.129. The van der Waals surface area contributed by atoms with Crippen molar-refractivity contribution in [2.45, 2.75) is 19.9 Å². The lowest BCUT2D eigenvalue weighted by atomic mass is 10.2. The number of carbonyl (C=O) groups excluding carboxylic acids is 2. The number of nitrogens with two attached hydrogens (primary N) is 1. The maximum Gasteiger partial charge on any atom is 0.340 e. The number of likely N-dealkylation sites (N-methyl/N-ethyl adjacent to an activating group) is 1. The maximum absolute atomic E-state index is 11.8. The van der Waals surface area contributed by atoms with Gasteiger partial charge in [0, 0.05) is 20.3 Å². The van der Waals surface area contributed by atoms with Gasteiger partial charge in [0.05, 0.1) is 17.9 Å². The van der Waals surface area contributed by atoms with Gasteiger partial charge in [0.15, 0.2) is 5.82 Å². The molecule has 7 heteroatoms. The smallest absolute Gasteiger partial charge is 0.340 e. The second kappa shape index (κ2) is 6.74. The zero-order chi connectivity index (χ0) is 15.3. The van der Waals surface area contributed by atoms with Gasteiger partial charge in [0.25, 0.3) is 0 Å². The summed E-state index contributed by atoms with van der Waals surface area (Å²) in [6.45, 7) is 3.67. The molecule has 0 aliphatic rings. The van der Waals surface area contributed by atoms with Gasteiger partial charge in [-0.1, -0.05) is 0 Å². The Kier molecular flexibility index (Phi) is 5.31. The summed E-state index contributed by atoms with van der Waals surface area (Å²) in [5.74, 6) is -0.340. The molecule has 1 unspecified atom stereocenters. The number of anilines is 2. The van der Waals surface area contributed by atoms with Crippen LogP contribution in [0.4, 0.5) is 11.5 Å². The topological polar surface area (TPSA) is 97.5 Å². The minimum atomic E-state index is -0.512. The minimum absolute atomic E-state index is 0.118. The molecule has 20 heavy (non-hydrogen) atoms. The van der Waals surface area contributed by atoms with Crippen molar-refractivity contribution in [1.29, 1.82) is 0 Å². The normalized spacial score (nSPS) is 11.6. The molecule has 1 amide bonds. The fourth-order valence-electron chi connectivity index (χ4n) is 1.63.